The Labute approximate surface area is 161 Å². The Bertz CT molecular complexity index is 1020. The van der Waals surface area contributed by atoms with E-state index in [-0.39, 0.29) is 4.90 Å². The number of nitrogens with zero attached hydrogens (tertiary/aromatic N) is 2. The van der Waals surface area contributed by atoms with Crippen molar-refractivity contribution in [2.75, 3.05) is 26.5 Å². The summed E-state index contributed by atoms with van der Waals surface area (Å²) in [5.74, 6) is 1.33. The molecule has 0 aliphatic heterocycles. The lowest BCUT2D eigenvalue weighted by Crippen LogP contribution is -2.22. The molecule has 0 spiro atoms. The SMILES string of the molecule is CN(C)S(=O)(=O)c1ccc2oc(SCCOc3cccc(Cl)c3)nc2c1. The van der Waals surface area contributed by atoms with Gasteiger partial charge in [0.1, 0.15) is 11.3 Å². The molecule has 0 N–H and O–H groups in total. The lowest BCUT2D eigenvalue weighted by Gasteiger charge is -2.10. The summed E-state index contributed by atoms with van der Waals surface area (Å²) < 4.78 is 36.8. The van der Waals surface area contributed by atoms with E-state index < -0.39 is 10.0 Å². The summed E-state index contributed by atoms with van der Waals surface area (Å²) in [6.07, 6.45) is 0. The molecule has 138 valence electrons. The van der Waals surface area contributed by atoms with Crippen LogP contribution in [0.4, 0.5) is 0 Å². The minimum absolute atomic E-state index is 0.184. The molecule has 6 nitrogen and oxygen atoms in total. The van der Waals surface area contributed by atoms with E-state index in [0.29, 0.717) is 39.5 Å². The zero-order valence-corrected chi connectivity index (χ0v) is 16.6. The van der Waals surface area contributed by atoms with Gasteiger partial charge in [0.2, 0.25) is 10.0 Å². The second kappa shape index (κ2) is 7.87. The van der Waals surface area contributed by atoms with E-state index in [9.17, 15) is 8.42 Å². The minimum Gasteiger partial charge on any atom is -0.493 e. The van der Waals surface area contributed by atoms with Crippen molar-refractivity contribution in [3.63, 3.8) is 0 Å². The van der Waals surface area contributed by atoms with Gasteiger partial charge in [0.05, 0.1) is 11.5 Å². The highest BCUT2D eigenvalue weighted by Gasteiger charge is 2.19. The van der Waals surface area contributed by atoms with Crippen LogP contribution in [0.2, 0.25) is 5.02 Å². The van der Waals surface area contributed by atoms with Crippen LogP contribution in [-0.4, -0.2) is 44.2 Å². The van der Waals surface area contributed by atoms with Crippen molar-refractivity contribution in [1.82, 2.24) is 9.29 Å². The van der Waals surface area contributed by atoms with Crippen LogP contribution < -0.4 is 4.74 Å². The van der Waals surface area contributed by atoms with Crippen LogP contribution >= 0.6 is 23.4 Å². The van der Waals surface area contributed by atoms with Gasteiger partial charge in [-0.2, -0.15) is 0 Å². The van der Waals surface area contributed by atoms with Gasteiger partial charge in [-0.3, -0.25) is 0 Å². The van der Waals surface area contributed by atoms with Crippen molar-refractivity contribution < 1.29 is 17.6 Å². The summed E-state index contributed by atoms with van der Waals surface area (Å²) in [7, 11) is -0.521. The van der Waals surface area contributed by atoms with Gasteiger partial charge in [-0.1, -0.05) is 29.4 Å². The third-order valence-electron chi connectivity index (χ3n) is 3.49. The monoisotopic (exact) mass is 412 g/mol. The van der Waals surface area contributed by atoms with Crippen molar-refractivity contribution in [2.45, 2.75) is 10.1 Å². The van der Waals surface area contributed by atoms with Crippen molar-refractivity contribution in [3.05, 3.63) is 47.5 Å². The van der Waals surface area contributed by atoms with Crippen LogP contribution in [0.3, 0.4) is 0 Å². The molecule has 0 saturated carbocycles. The van der Waals surface area contributed by atoms with Crippen LogP contribution in [0, 0.1) is 0 Å². The van der Waals surface area contributed by atoms with E-state index in [4.69, 9.17) is 20.8 Å². The lowest BCUT2D eigenvalue weighted by molar-refractivity contribution is 0.343. The number of thioether (sulfide) groups is 1. The average Bonchev–Trinajstić information content (AvgIpc) is 3.00. The molecule has 0 atom stereocenters. The maximum atomic E-state index is 12.2. The molecule has 1 aromatic heterocycles. The summed E-state index contributed by atoms with van der Waals surface area (Å²) in [6, 6.07) is 11.8. The molecular weight excluding hydrogens is 396 g/mol. The number of fused-ring (bicyclic) bond motifs is 1. The molecular formula is C17H17ClN2O4S2. The molecule has 0 fully saturated rings. The second-order valence-electron chi connectivity index (χ2n) is 5.55. The first-order valence-electron chi connectivity index (χ1n) is 7.70. The predicted molar refractivity (Wildman–Crippen MR) is 103 cm³/mol. The Morgan fingerprint density at radius 1 is 1.23 bits per heavy atom. The number of halogens is 1. The fourth-order valence-electron chi connectivity index (χ4n) is 2.16. The van der Waals surface area contributed by atoms with E-state index >= 15 is 0 Å². The molecule has 0 aliphatic rings. The maximum absolute atomic E-state index is 12.2. The predicted octanol–water partition coefficient (Wildman–Crippen LogP) is 3.90. The van der Waals surface area contributed by atoms with E-state index in [1.54, 1.807) is 18.2 Å². The minimum atomic E-state index is -3.50. The number of benzene rings is 2. The third-order valence-corrected chi connectivity index (χ3v) is 6.33. The van der Waals surface area contributed by atoms with Gasteiger partial charge in [-0.15, -0.1) is 0 Å². The van der Waals surface area contributed by atoms with E-state index in [1.165, 1.54) is 38.0 Å². The average molecular weight is 413 g/mol. The highest BCUT2D eigenvalue weighted by molar-refractivity contribution is 7.99. The number of ether oxygens (including phenoxy) is 1. The molecule has 0 amide bonds. The zero-order valence-electron chi connectivity index (χ0n) is 14.2. The van der Waals surface area contributed by atoms with Crippen molar-refractivity contribution in [1.29, 1.82) is 0 Å². The van der Waals surface area contributed by atoms with Gasteiger partial charge < -0.3 is 9.15 Å². The molecule has 26 heavy (non-hydrogen) atoms. The van der Waals surface area contributed by atoms with E-state index in [0.717, 1.165) is 4.31 Å². The number of oxazole rings is 1. The molecule has 2 aromatic carbocycles. The smallest absolute Gasteiger partial charge is 0.256 e. The van der Waals surface area contributed by atoms with Crippen LogP contribution in [-0.2, 0) is 10.0 Å². The number of aromatic nitrogens is 1. The molecule has 3 aromatic rings. The fourth-order valence-corrected chi connectivity index (χ4v) is 3.92. The van der Waals surface area contributed by atoms with Gasteiger partial charge in [0, 0.05) is 24.9 Å². The Hall–Kier alpha value is -1.74. The lowest BCUT2D eigenvalue weighted by atomic mass is 10.3. The van der Waals surface area contributed by atoms with E-state index in [1.807, 2.05) is 12.1 Å². The molecule has 0 aliphatic carbocycles. The van der Waals surface area contributed by atoms with Gasteiger partial charge >= 0.3 is 0 Å². The molecule has 0 bridgehead atoms. The highest BCUT2D eigenvalue weighted by atomic mass is 35.5. The summed E-state index contributed by atoms with van der Waals surface area (Å²) in [5, 5.41) is 1.09. The first-order chi connectivity index (χ1) is 12.4. The van der Waals surface area contributed by atoms with Crippen LogP contribution in [0.25, 0.3) is 11.1 Å². The quantitative estimate of drug-likeness (QED) is 0.433. The summed E-state index contributed by atoms with van der Waals surface area (Å²) >= 11 is 7.30. The van der Waals surface area contributed by atoms with Crippen molar-refractivity contribution in [3.8, 4) is 5.75 Å². The first-order valence-corrected chi connectivity index (χ1v) is 10.5. The Kier molecular flexibility index (Phi) is 5.76. The molecule has 1 heterocycles. The van der Waals surface area contributed by atoms with Gasteiger partial charge in [0.15, 0.2) is 5.58 Å². The van der Waals surface area contributed by atoms with Gasteiger partial charge in [0.25, 0.3) is 5.22 Å². The zero-order chi connectivity index (χ0) is 18.7. The third kappa shape index (κ3) is 4.32. The van der Waals surface area contributed by atoms with Gasteiger partial charge in [-0.05, 0) is 36.4 Å². The van der Waals surface area contributed by atoms with E-state index in [2.05, 4.69) is 4.98 Å². The molecule has 3 rings (SSSR count). The van der Waals surface area contributed by atoms with Crippen LogP contribution in [0.15, 0.2) is 57.0 Å². The number of hydrogen-bond donors (Lipinski definition) is 0. The fraction of sp³-hybridized carbons (Fsp3) is 0.235. The Balaban J connectivity index is 1.64. The summed E-state index contributed by atoms with van der Waals surface area (Å²) in [5.41, 5.74) is 1.05. The standard InChI is InChI=1S/C17H17ClN2O4S2/c1-20(2)26(21,22)14-6-7-16-15(11-14)19-17(24-16)25-9-8-23-13-5-3-4-12(18)10-13/h3-7,10-11H,8-9H2,1-2H3. The van der Waals surface area contributed by atoms with Crippen molar-refractivity contribution >= 4 is 44.5 Å². The topological polar surface area (TPSA) is 72.6 Å². The Morgan fingerprint density at radius 3 is 2.77 bits per heavy atom. The van der Waals surface area contributed by atoms with Crippen molar-refractivity contribution in [2.24, 2.45) is 0 Å². The molecule has 9 heteroatoms. The van der Waals surface area contributed by atoms with Crippen LogP contribution in [0.1, 0.15) is 0 Å². The van der Waals surface area contributed by atoms with Crippen LogP contribution in [0.5, 0.6) is 5.75 Å². The number of sulfonamides is 1. The Morgan fingerprint density at radius 2 is 2.04 bits per heavy atom. The molecule has 0 radical (unpaired) electrons. The molecule has 0 saturated heterocycles. The first kappa shape index (κ1) is 19.0. The highest BCUT2D eigenvalue weighted by Crippen LogP contribution is 2.26. The maximum Gasteiger partial charge on any atom is 0.256 e. The number of rotatable bonds is 7. The normalized spacial score (nSPS) is 12.0. The molecule has 0 unspecified atom stereocenters. The summed E-state index contributed by atoms with van der Waals surface area (Å²) in [4.78, 5) is 4.53. The largest absolute Gasteiger partial charge is 0.493 e. The number of hydrogen-bond acceptors (Lipinski definition) is 6. The summed E-state index contributed by atoms with van der Waals surface area (Å²) in [6.45, 7) is 0.462. The second-order valence-corrected chi connectivity index (χ2v) is 9.19. The van der Waals surface area contributed by atoms with Gasteiger partial charge in [-0.25, -0.2) is 17.7 Å².